The molecule has 2 N–H and O–H groups in total. The molecule has 0 aliphatic rings. The number of Topliss-reactive ketones (excluding diaryl/α,β-unsaturated/α-hetero) is 1. The number of carbonyl (C=O) groups is 2. The van der Waals surface area contributed by atoms with Crippen molar-refractivity contribution in [1.82, 2.24) is 15.3 Å². The van der Waals surface area contributed by atoms with Gasteiger partial charge in [0, 0.05) is 30.2 Å². The van der Waals surface area contributed by atoms with E-state index in [0.29, 0.717) is 23.6 Å². The first kappa shape index (κ1) is 17.3. The Morgan fingerprint density at radius 2 is 1.54 bits per heavy atom. The normalized spacial score (nSPS) is 10.2. The van der Waals surface area contributed by atoms with Gasteiger partial charge in [-0.15, -0.1) is 0 Å². The fourth-order valence-corrected chi connectivity index (χ4v) is 2.31. The van der Waals surface area contributed by atoms with Crippen molar-refractivity contribution in [2.24, 2.45) is 0 Å². The molecule has 6 nitrogen and oxygen atoms in total. The van der Waals surface area contributed by atoms with Crippen molar-refractivity contribution in [3.63, 3.8) is 0 Å². The van der Waals surface area contributed by atoms with Crippen molar-refractivity contribution in [1.29, 1.82) is 0 Å². The van der Waals surface area contributed by atoms with Crippen molar-refractivity contribution < 1.29 is 9.59 Å². The predicted octanol–water partition coefficient (Wildman–Crippen LogP) is 3.35. The van der Waals surface area contributed by atoms with Gasteiger partial charge in [-0.2, -0.15) is 0 Å². The molecule has 6 heteroatoms. The molecule has 1 amide bonds. The summed E-state index contributed by atoms with van der Waals surface area (Å²) in [5.41, 5.74) is 2.81. The summed E-state index contributed by atoms with van der Waals surface area (Å²) in [5.74, 6) is 0.157. The minimum Gasteiger partial charge on any atom is -0.348 e. The lowest BCUT2D eigenvalue weighted by atomic mass is 10.1. The van der Waals surface area contributed by atoms with Crippen molar-refractivity contribution >= 4 is 23.3 Å². The predicted molar refractivity (Wildman–Crippen MR) is 99.4 cm³/mol. The molecular formula is C20H18N4O2. The number of carbonyl (C=O) groups excluding carboxylic acids is 2. The van der Waals surface area contributed by atoms with Crippen LogP contribution in [0.3, 0.4) is 0 Å². The third-order valence-corrected chi connectivity index (χ3v) is 3.76. The van der Waals surface area contributed by atoms with E-state index in [2.05, 4.69) is 20.6 Å². The smallest absolute Gasteiger partial charge is 0.254 e. The molecule has 0 saturated carbocycles. The summed E-state index contributed by atoms with van der Waals surface area (Å²) in [5, 5.41) is 5.86. The number of aromatic nitrogens is 2. The van der Waals surface area contributed by atoms with Gasteiger partial charge in [0.05, 0.1) is 5.56 Å². The second kappa shape index (κ2) is 8.02. The quantitative estimate of drug-likeness (QED) is 0.669. The van der Waals surface area contributed by atoms with Crippen LogP contribution in [0.1, 0.15) is 33.2 Å². The number of anilines is 2. The van der Waals surface area contributed by atoms with Crippen LogP contribution >= 0.6 is 0 Å². The highest BCUT2D eigenvalue weighted by Crippen LogP contribution is 2.14. The Morgan fingerprint density at radius 1 is 0.885 bits per heavy atom. The number of nitrogens with one attached hydrogen (secondary N) is 2. The lowest BCUT2D eigenvalue weighted by molar-refractivity contribution is 0.0949. The van der Waals surface area contributed by atoms with Crippen LogP contribution in [-0.4, -0.2) is 21.7 Å². The minimum absolute atomic E-state index is 0.0127. The zero-order valence-electron chi connectivity index (χ0n) is 14.3. The summed E-state index contributed by atoms with van der Waals surface area (Å²) < 4.78 is 0. The van der Waals surface area contributed by atoms with Crippen molar-refractivity contribution in [3.8, 4) is 0 Å². The van der Waals surface area contributed by atoms with Crippen LogP contribution in [0.2, 0.25) is 0 Å². The number of nitrogens with zero attached hydrogens (tertiary/aromatic N) is 2. The Balaban J connectivity index is 1.59. The van der Waals surface area contributed by atoms with Crippen LogP contribution in [0.4, 0.5) is 11.6 Å². The van der Waals surface area contributed by atoms with Gasteiger partial charge in [0.2, 0.25) is 5.95 Å². The molecule has 0 spiro atoms. The van der Waals surface area contributed by atoms with Gasteiger partial charge in [-0.1, -0.05) is 30.3 Å². The van der Waals surface area contributed by atoms with E-state index in [1.165, 1.54) is 19.3 Å². The van der Waals surface area contributed by atoms with E-state index >= 15 is 0 Å². The van der Waals surface area contributed by atoms with E-state index in [1.807, 2.05) is 30.3 Å². The molecule has 3 aromatic rings. The fourth-order valence-electron chi connectivity index (χ4n) is 2.31. The number of amides is 1. The van der Waals surface area contributed by atoms with Crippen molar-refractivity contribution in [2.45, 2.75) is 13.5 Å². The topological polar surface area (TPSA) is 84.0 Å². The van der Waals surface area contributed by atoms with E-state index in [4.69, 9.17) is 0 Å². The summed E-state index contributed by atoms with van der Waals surface area (Å²) in [4.78, 5) is 31.7. The first-order valence-electron chi connectivity index (χ1n) is 8.14. The van der Waals surface area contributed by atoms with Crippen LogP contribution in [-0.2, 0) is 6.54 Å². The SMILES string of the molecule is CC(=O)c1ccc(Nc2ncc(C(=O)NCc3ccccc3)cn2)cc1. The van der Waals surface area contributed by atoms with E-state index in [9.17, 15) is 9.59 Å². The maximum absolute atomic E-state index is 12.1. The number of ketones is 1. The van der Waals surface area contributed by atoms with Gasteiger partial charge in [-0.3, -0.25) is 9.59 Å². The van der Waals surface area contributed by atoms with E-state index in [1.54, 1.807) is 24.3 Å². The molecule has 0 fully saturated rings. The largest absolute Gasteiger partial charge is 0.348 e. The second-order valence-corrected chi connectivity index (χ2v) is 5.72. The van der Waals surface area contributed by atoms with Gasteiger partial charge >= 0.3 is 0 Å². The Kier molecular flexibility index (Phi) is 5.34. The molecular weight excluding hydrogens is 328 g/mol. The highest BCUT2D eigenvalue weighted by atomic mass is 16.1. The number of rotatable bonds is 6. The molecule has 0 bridgehead atoms. The standard InChI is InChI=1S/C20H18N4O2/c1-14(25)16-7-9-18(10-8-16)24-20-22-12-17(13-23-20)19(26)21-11-15-5-3-2-4-6-15/h2-10,12-13H,11H2,1H3,(H,21,26)(H,22,23,24). The zero-order valence-corrected chi connectivity index (χ0v) is 14.3. The average Bonchev–Trinajstić information content (AvgIpc) is 2.68. The molecule has 1 aromatic heterocycles. The summed E-state index contributed by atoms with van der Waals surface area (Å²) in [7, 11) is 0. The summed E-state index contributed by atoms with van der Waals surface area (Å²) >= 11 is 0. The monoisotopic (exact) mass is 346 g/mol. The molecule has 2 aromatic carbocycles. The molecule has 130 valence electrons. The number of hydrogen-bond donors (Lipinski definition) is 2. The van der Waals surface area contributed by atoms with E-state index < -0.39 is 0 Å². The molecule has 0 saturated heterocycles. The third kappa shape index (κ3) is 4.51. The molecule has 0 radical (unpaired) electrons. The molecule has 0 aliphatic heterocycles. The van der Waals surface area contributed by atoms with Gasteiger partial charge < -0.3 is 10.6 Å². The summed E-state index contributed by atoms with van der Waals surface area (Å²) in [6.07, 6.45) is 2.94. The van der Waals surface area contributed by atoms with Gasteiger partial charge in [-0.25, -0.2) is 9.97 Å². The fraction of sp³-hybridized carbons (Fsp3) is 0.100. The van der Waals surface area contributed by atoms with Crippen LogP contribution < -0.4 is 10.6 Å². The van der Waals surface area contributed by atoms with Crippen molar-refractivity contribution in [2.75, 3.05) is 5.32 Å². The average molecular weight is 346 g/mol. The van der Waals surface area contributed by atoms with Gasteiger partial charge in [0.1, 0.15) is 0 Å². The second-order valence-electron chi connectivity index (χ2n) is 5.72. The third-order valence-electron chi connectivity index (χ3n) is 3.76. The van der Waals surface area contributed by atoms with E-state index in [0.717, 1.165) is 11.3 Å². The first-order chi connectivity index (χ1) is 12.6. The molecule has 3 rings (SSSR count). The molecule has 26 heavy (non-hydrogen) atoms. The van der Waals surface area contributed by atoms with Gasteiger partial charge in [-0.05, 0) is 36.8 Å². The summed E-state index contributed by atoms with van der Waals surface area (Å²) in [6, 6.07) is 16.7. The maximum atomic E-state index is 12.1. The van der Waals surface area contributed by atoms with Crippen LogP contribution in [0, 0.1) is 0 Å². The molecule has 0 atom stereocenters. The Labute approximate surface area is 151 Å². The lowest BCUT2D eigenvalue weighted by Gasteiger charge is -2.07. The van der Waals surface area contributed by atoms with Crippen LogP contribution in [0.25, 0.3) is 0 Å². The Hall–Kier alpha value is -3.54. The first-order valence-corrected chi connectivity index (χ1v) is 8.14. The molecule has 0 unspecified atom stereocenters. The molecule has 1 heterocycles. The number of hydrogen-bond acceptors (Lipinski definition) is 5. The maximum Gasteiger partial charge on any atom is 0.254 e. The zero-order chi connectivity index (χ0) is 18.4. The van der Waals surface area contributed by atoms with Gasteiger partial charge in [0.15, 0.2) is 5.78 Å². The van der Waals surface area contributed by atoms with Gasteiger partial charge in [0.25, 0.3) is 5.91 Å². The van der Waals surface area contributed by atoms with Crippen LogP contribution in [0.15, 0.2) is 67.0 Å². The Morgan fingerprint density at radius 3 is 2.15 bits per heavy atom. The highest BCUT2D eigenvalue weighted by Gasteiger charge is 2.07. The Bertz CT molecular complexity index is 891. The molecule has 0 aliphatic carbocycles. The highest BCUT2D eigenvalue weighted by molar-refractivity contribution is 5.94. The lowest BCUT2D eigenvalue weighted by Crippen LogP contribution is -2.23. The summed E-state index contributed by atoms with van der Waals surface area (Å²) in [6.45, 7) is 1.97. The van der Waals surface area contributed by atoms with E-state index in [-0.39, 0.29) is 11.7 Å². The van der Waals surface area contributed by atoms with Crippen molar-refractivity contribution in [3.05, 3.63) is 83.7 Å². The minimum atomic E-state index is -0.230. The van der Waals surface area contributed by atoms with Crippen LogP contribution in [0.5, 0.6) is 0 Å². The number of benzene rings is 2.